The molecular formula is C20H22ClF3N2O. The molecule has 146 valence electrons. The van der Waals surface area contributed by atoms with Crippen molar-refractivity contribution < 1.29 is 18.0 Å². The molecule has 2 aromatic rings. The van der Waals surface area contributed by atoms with Crippen LogP contribution in [0.25, 0.3) is 0 Å². The minimum absolute atomic E-state index is 0.0256. The second-order valence-electron chi connectivity index (χ2n) is 6.18. The highest BCUT2D eigenvalue weighted by atomic mass is 35.5. The van der Waals surface area contributed by atoms with Gasteiger partial charge in [-0.2, -0.15) is 13.2 Å². The van der Waals surface area contributed by atoms with E-state index in [0.717, 1.165) is 17.8 Å². The van der Waals surface area contributed by atoms with Crippen LogP contribution in [0.2, 0.25) is 0 Å². The van der Waals surface area contributed by atoms with Gasteiger partial charge in [0.25, 0.3) is 0 Å². The van der Waals surface area contributed by atoms with Crippen molar-refractivity contribution in [2.75, 3.05) is 12.4 Å². The van der Waals surface area contributed by atoms with Crippen LogP contribution in [0.15, 0.2) is 55.3 Å². The number of benzene rings is 1. The molecular weight excluding hydrogens is 377 g/mol. The standard InChI is InChI=1S/C20H22ClF3N2O/c1-2-11-26(19(27)9-4-10-21)15-18-8-5-12-25(18)14-16-6-3-7-17(13-16)20(22,23)24/h2-3,5-8,12-13H,1,4,9-11,14-15H2. The van der Waals surface area contributed by atoms with E-state index in [4.69, 9.17) is 11.6 Å². The predicted octanol–water partition coefficient (Wildman–Crippen LogP) is 5.09. The summed E-state index contributed by atoms with van der Waals surface area (Å²) in [4.78, 5) is 14.0. The fourth-order valence-electron chi connectivity index (χ4n) is 2.77. The van der Waals surface area contributed by atoms with Crippen molar-refractivity contribution in [2.24, 2.45) is 0 Å². The lowest BCUT2D eigenvalue weighted by Crippen LogP contribution is -2.31. The van der Waals surface area contributed by atoms with Crippen LogP contribution >= 0.6 is 11.6 Å². The molecule has 0 saturated carbocycles. The summed E-state index contributed by atoms with van der Waals surface area (Å²) in [6.45, 7) is 4.74. The molecule has 0 aliphatic rings. The molecule has 7 heteroatoms. The van der Waals surface area contributed by atoms with Crippen LogP contribution in [-0.2, 0) is 24.1 Å². The lowest BCUT2D eigenvalue weighted by Gasteiger charge is -2.22. The molecule has 2 rings (SSSR count). The molecule has 0 fully saturated rings. The third-order valence-corrected chi connectivity index (χ3v) is 4.38. The van der Waals surface area contributed by atoms with Crippen LogP contribution in [0.1, 0.15) is 29.7 Å². The first-order valence-corrected chi connectivity index (χ1v) is 9.13. The summed E-state index contributed by atoms with van der Waals surface area (Å²) in [5.74, 6) is 0.391. The van der Waals surface area contributed by atoms with Crippen LogP contribution in [-0.4, -0.2) is 27.8 Å². The van der Waals surface area contributed by atoms with Crippen molar-refractivity contribution in [1.82, 2.24) is 9.47 Å². The maximum absolute atomic E-state index is 12.9. The summed E-state index contributed by atoms with van der Waals surface area (Å²) >= 11 is 5.66. The minimum atomic E-state index is -4.37. The number of rotatable bonds is 9. The Labute approximate surface area is 162 Å². The molecule has 0 atom stereocenters. The van der Waals surface area contributed by atoms with Gasteiger partial charge < -0.3 is 9.47 Å². The van der Waals surface area contributed by atoms with E-state index in [1.165, 1.54) is 6.07 Å². The predicted molar refractivity (Wildman–Crippen MR) is 101 cm³/mol. The number of hydrogen-bond acceptors (Lipinski definition) is 1. The van der Waals surface area contributed by atoms with Crippen LogP contribution in [0, 0.1) is 0 Å². The number of amides is 1. The van der Waals surface area contributed by atoms with Crippen molar-refractivity contribution in [3.05, 3.63) is 72.1 Å². The summed E-state index contributed by atoms with van der Waals surface area (Å²) in [7, 11) is 0. The SMILES string of the molecule is C=CCN(Cc1cccn1Cc1cccc(C(F)(F)F)c1)C(=O)CCCCl. The Balaban J connectivity index is 2.15. The third-order valence-electron chi connectivity index (χ3n) is 4.11. The normalized spacial score (nSPS) is 11.4. The highest BCUT2D eigenvalue weighted by Crippen LogP contribution is 2.29. The lowest BCUT2D eigenvalue weighted by atomic mass is 10.1. The van der Waals surface area contributed by atoms with E-state index in [9.17, 15) is 18.0 Å². The summed E-state index contributed by atoms with van der Waals surface area (Å²) in [6, 6.07) is 8.95. The van der Waals surface area contributed by atoms with Gasteiger partial charge in [-0.25, -0.2) is 0 Å². The number of halogens is 4. The number of aromatic nitrogens is 1. The number of hydrogen-bond donors (Lipinski definition) is 0. The number of carbonyl (C=O) groups excluding carboxylic acids is 1. The Morgan fingerprint density at radius 1 is 1.26 bits per heavy atom. The highest BCUT2D eigenvalue weighted by Gasteiger charge is 2.30. The minimum Gasteiger partial charge on any atom is -0.345 e. The molecule has 0 aliphatic heterocycles. The van der Waals surface area contributed by atoms with E-state index in [2.05, 4.69) is 6.58 Å². The first-order valence-electron chi connectivity index (χ1n) is 8.60. The number of carbonyl (C=O) groups is 1. The molecule has 1 aromatic heterocycles. The molecule has 1 aromatic carbocycles. The second kappa shape index (κ2) is 9.65. The Bertz CT molecular complexity index is 771. The zero-order valence-electron chi connectivity index (χ0n) is 14.9. The maximum atomic E-state index is 12.9. The summed E-state index contributed by atoms with van der Waals surface area (Å²) < 4.78 is 40.6. The summed E-state index contributed by atoms with van der Waals surface area (Å²) in [5.41, 5.74) is 0.720. The van der Waals surface area contributed by atoms with Gasteiger partial charge in [0.15, 0.2) is 0 Å². The van der Waals surface area contributed by atoms with Crippen LogP contribution in [0.4, 0.5) is 13.2 Å². The van der Waals surface area contributed by atoms with Gasteiger partial charge in [-0.15, -0.1) is 18.2 Å². The quantitative estimate of drug-likeness (QED) is 0.426. The molecule has 1 heterocycles. The Morgan fingerprint density at radius 2 is 2.04 bits per heavy atom. The lowest BCUT2D eigenvalue weighted by molar-refractivity contribution is -0.137. The highest BCUT2D eigenvalue weighted by molar-refractivity contribution is 6.17. The maximum Gasteiger partial charge on any atom is 0.416 e. The van der Waals surface area contributed by atoms with Crippen molar-refractivity contribution in [2.45, 2.75) is 32.1 Å². The van der Waals surface area contributed by atoms with Gasteiger partial charge in [-0.1, -0.05) is 18.2 Å². The average molecular weight is 399 g/mol. The third kappa shape index (κ3) is 6.17. The van der Waals surface area contributed by atoms with Gasteiger partial charge in [0.1, 0.15) is 0 Å². The molecule has 0 saturated heterocycles. The van der Waals surface area contributed by atoms with E-state index in [0.29, 0.717) is 43.9 Å². The second-order valence-corrected chi connectivity index (χ2v) is 6.56. The topological polar surface area (TPSA) is 25.2 Å². The van der Waals surface area contributed by atoms with E-state index in [-0.39, 0.29) is 5.91 Å². The number of alkyl halides is 4. The molecule has 3 nitrogen and oxygen atoms in total. The molecule has 0 unspecified atom stereocenters. The van der Waals surface area contributed by atoms with Gasteiger partial charge >= 0.3 is 6.18 Å². The summed E-state index contributed by atoms with van der Waals surface area (Å²) in [6.07, 6.45) is 0.0275. The van der Waals surface area contributed by atoms with E-state index >= 15 is 0 Å². The first-order chi connectivity index (χ1) is 12.8. The van der Waals surface area contributed by atoms with Gasteiger partial charge in [0.2, 0.25) is 5.91 Å². The fraction of sp³-hybridized carbons (Fsp3) is 0.350. The van der Waals surface area contributed by atoms with Gasteiger partial charge in [-0.05, 0) is 36.2 Å². The van der Waals surface area contributed by atoms with E-state index in [1.54, 1.807) is 23.2 Å². The fourth-order valence-corrected chi connectivity index (χ4v) is 2.91. The van der Waals surface area contributed by atoms with Gasteiger partial charge in [0.05, 0.1) is 12.1 Å². The molecule has 0 radical (unpaired) electrons. The van der Waals surface area contributed by atoms with Crippen molar-refractivity contribution in [3.8, 4) is 0 Å². The largest absolute Gasteiger partial charge is 0.416 e. The van der Waals surface area contributed by atoms with Gasteiger partial charge in [-0.3, -0.25) is 4.79 Å². The average Bonchev–Trinajstić information content (AvgIpc) is 3.05. The molecule has 0 bridgehead atoms. The molecule has 27 heavy (non-hydrogen) atoms. The Hall–Kier alpha value is -2.21. The van der Waals surface area contributed by atoms with E-state index < -0.39 is 11.7 Å². The smallest absolute Gasteiger partial charge is 0.345 e. The van der Waals surface area contributed by atoms with Crippen molar-refractivity contribution in [3.63, 3.8) is 0 Å². The van der Waals surface area contributed by atoms with E-state index in [1.807, 2.05) is 16.7 Å². The zero-order valence-corrected chi connectivity index (χ0v) is 15.6. The van der Waals surface area contributed by atoms with Crippen LogP contribution in [0.5, 0.6) is 0 Å². The Kier molecular flexibility index (Phi) is 7.54. The molecule has 1 amide bonds. The van der Waals surface area contributed by atoms with Gasteiger partial charge in [0, 0.05) is 37.3 Å². The first kappa shape index (κ1) is 21.1. The monoisotopic (exact) mass is 398 g/mol. The molecule has 0 spiro atoms. The molecule has 0 aliphatic carbocycles. The van der Waals surface area contributed by atoms with Crippen molar-refractivity contribution in [1.29, 1.82) is 0 Å². The van der Waals surface area contributed by atoms with Crippen LogP contribution < -0.4 is 0 Å². The molecule has 0 N–H and O–H groups in total. The van der Waals surface area contributed by atoms with Crippen LogP contribution in [0.3, 0.4) is 0 Å². The summed E-state index contributed by atoms with van der Waals surface area (Å²) in [5, 5.41) is 0. The van der Waals surface area contributed by atoms with Crippen molar-refractivity contribution >= 4 is 17.5 Å². The zero-order chi connectivity index (χ0) is 19.9. The number of nitrogens with zero attached hydrogens (tertiary/aromatic N) is 2. The Morgan fingerprint density at radius 3 is 2.70 bits per heavy atom.